The number of ether oxygens (including phenoxy) is 1. The Kier molecular flexibility index (Phi) is 5.96. The molecule has 31 heavy (non-hydrogen) atoms. The molecule has 1 heterocycles. The largest absolute Gasteiger partial charge is 0.507 e. The fourth-order valence-electron chi connectivity index (χ4n) is 3.90. The van der Waals surface area contributed by atoms with E-state index < -0.39 is 0 Å². The molecule has 0 fully saturated rings. The highest BCUT2D eigenvalue weighted by Gasteiger charge is 2.26. The normalized spacial score (nSPS) is 14.8. The first-order valence-corrected chi connectivity index (χ1v) is 10.1. The molecule has 2 aromatic carbocycles. The first kappa shape index (κ1) is 20.6. The van der Waals surface area contributed by atoms with E-state index in [1.54, 1.807) is 6.07 Å². The number of rotatable bonds is 7. The Hall–Kier alpha value is -3.70. The van der Waals surface area contributed by atoms with Gasteiger partial charge in [0, 0.05) is 23.6 Å². The molecule has 0 bridgehead atoms. The van der Waals surface area contributed by atoms with Crippen LogP contribution in [0.25, 0.3) is 22.8 Å². The molecular formula is C23H22N4O4. The van der Waals surface area contributed by atoms with Crippen LogP contribution in [0.1, 0.15) is 42.0 Å². The van der Waals surface area contributed by atoms with Gasteiger partial charge in [-0.15, -0.1) is 0 Å². The summed E-state index contributed by atoms with van der Waals surface area (Å²) in [6, 6.07) is 12.8. The zero-order chi connectivity index (χ0) is 21.8. The van der Waals surface area contributed by atoms with Gasteiger partial charge in [-0.25, -0.2) is 0 Å². The van der Waals surface area contributed by atoms with E-state index in [1.807, 2.05) is 18.2 Å². The molecule has 8 nitrogen and oxygen atoms in total. The minimum absolute atomic E-state index is 0.0861. The van der Waals surface area contributed by atoms with E-state index >= 15 is 0 Å². The first-order chi connectivity index (χ1) is 15.1. The standard InChI is InChI=1S/C23H22N4O4/c1-30-21(29)6-3-11-25-19-9-8-16-17(19)4-2-5-18(16)22-26-23(31-27-22)14-7-10-20(28)15(12-14)13-24/h2,4-5,7,10,12,19,25,28H,3,6,8-9,11H2,1H3/t19-/m0/s1. The number of hydrogen-bond acceptors (Lipinski definition) is 8. The van der Waals surface area contributed by atoms with Crippen LogP contribution in [0, 0.1) is 11.3 Å². The number of phenolic OH excluding ortho intramolecular Hbond substituents is 1. The average molecular weight is 418 g/mol. The summed E-state index contributed by atoms with van der Waals surface area (Å²) in [5.74, 6) is 0.501. The van der Waals surface area contributed by atoms with Gasteiger partial charge in [-0.2, -0.15) is 10.2 Å². The van der Waals surface area contributed by atoms with Gasteiger partial charge in [0.05, 0.1) is 12.7 Å². The summed E-state index contributed by atoms with van der Waals surface area (Å²) in [4.78, 5) is 15.8. The molecule has 3 aromatic rings. The van der Waals surface area contributed by atoms with Crippen LogP contribution in [-0.2, 0) is 16.0 Å². The monoisotopic (exact) mass is 418 g/mol. The number of nitrogens with zero attached hydrogens (tertiary/aromatic N) is 3. The molecule has 0 amide bonds. The van der Waals surface area contributed by atoms with E-state index in [0.717, 1.165) is 31.4 Å². The van der Waals surface area contributed by atoms with Crippen molar-refractivity contribution < 1.29 is 19.2 Å². The molecule has 0 saturated heterocycles. The summed E-state index contributed by atoms with van der Waals surface area (Å²) in [6.45, 7) is 0.734. The van der Waals surface area contributed by atoms with Crippen molar-refractivity contribution in [3.8, 4) is 34.7 Å². The van der Waals surface area contributed by atoms with Gasteiger partial charge in [-0.1, -0.05) is 23.4 Å². The number of benzene rings is 2. The number of aromatic nitrogens is 2. The average Bonchev–Trinajstić information content (AvgIpc) is 3.44. The summed E-state index contributed by atoms with van der Waals surface area (Å²) in [5.41, 5.74) is 4.04. The molecule has 2 N–H and O–H groups in total. The number of fused-ring (bicyclic) bond motifs is 1. The van der Waals surface area contributed by atoms with Crippen LogP contribution < -0.4 is 5.32 Å². The third-order valence-electron chi connectivity index (χ3n) is 5.48. The molecule has 1 aliphatic rings. The highest BCUT2D eigenvalue weighted by molar-refractivity contribution is 5.69. The highest BCUT2D eigenvalue weighted by atomic mass is 16.5. The lowest BCUT2D eigenvalue weighted by atomic mass is 10.0. The molecule has 0 saturated carbocycles. The van der Waals surface area contributed by atoms with Gasteiger partial charge in [0.2, 0.25) is 5.82 Å². The van der Waals surface area contributed by atoms with Crippen LogP contribution in [0.3, 0.4) is 0 Å². The SMILES string of the molecule is COC(=O)CCCN[C@H]1CCc2c(-c3noc(-c4ccc(O)c(C#N)c4)n3)cccc21. The van der Waals surface area contributed by atoms with Crippen molar-refractivity contribution >= 4 is 5.97 Å². The van der Waals surface area contributed by atoms with E-state index in [2.05, 4.69) is 26.3 Å². The lowest BCUT2D eigenvalue weighted by Gasteiger charge is -2.14. The van der Waals surface area contributed by atoms with Gasteiger partial charge in [0.15, 0.2) is 0 Å². The Morgan fingerprint density at radius 3 is 3.06 bits per heavy atom. The van der Waals surface area contributed by atoms with Crippen molar-refractivity contribution in [1.29, 1.82) is 5.26 Å². The second-order valence-corrected chi connectivity index (χ2v) is 7.37. The lowest BCUT2D eigenvalue weighted by molar-refractivity contribution is -0.140. The van der Waals surface area contributed by atoms with Gasteiger partial charge in [-0.3, -0.25) is 4.79 Å². The predicted molar refractivity (Wildman–Crippen MR) is 112 cm³/mol. The van der Waals surface area contributed by atoms with Crippen molar-refractivity contribution in [2.24, 2.45) is 0 Å². The smallest absolute Gasteiger partial charge is 0.305 e. The van der Waals surface area contributed by atoms with Crippen molar-refractivity contribution in [3.63, 3.8) is 0 Å². The zero-order valence-electron chi connectivity index (χ0n) is 17.1. The van der Waals surface area contributed by atoms with Gasteiger partial charge >= 0.3 is 5.97 Å². The van der Waals surface area contributed by atoms with E-state index in [9.17, 15) is 9.90 Å². The molecule has 0 aliphatic heterocycles. The minimum atomic E-state index is -0.195. The Bertz CT molecular complexity index is 1150. The molecular weight excluding hydrogens is 396 g/mol. The van der Waals surface area contributed by atoms with Crippen LogP contribution in [0.15, 0.2) is 40.9 Å². The number of hydrogen-bond donors (Lipinski definition) is 2. The summed E-state index contributed by atoms with van der Waals surface area (Å²) < 4.78 is 10.1. The van der Waals surface area contributed by atoms with Crippen molar-refractivity contribution in [2.45, 2.75) is 31.7 Å². The fourth-order valence-corrected chi connectivity index (χ4v) is 3.90. The first-order valence-electron chi connectivity index (χ1n) is 10.1. The zero-order valence-corrected chi connectivity index (χ0v) is 17.1. The number of esters is 1. The van der Waals surface area contributed by atoms with Crippen LogP contribution in [-0.4, -0.2) is 34.9 Å². The fraction of sp³-hybridized carbons (Fsp3) is 0.304. The van der Waals surface area contributed by atoms with E-state index in [0.29, 0.717) is 23.7 Å². The number of aromatic hydroxyl groups is 1. The van der Waals surface area contributed by atoms with Crippen molar-refractivity contribution in [2.75, 3.05) is 13.7 Å². The number of methoxy groups -OCH3 is 1. The summed E-state index contributed by atoms with van der Waals surface area (Å²) in [7, 11) is 1.40. The van der Waals surface area contributed by atoms with Gasteiger partial charge in [0.1, 0.15) is 11.8 Å². The quantitative estimate of drug-likeness (QED) is 0.442. The molecule has 1 atom stereocenters. The minimum Gasteiger partial charge on any atom is -0.507 e. The molecule has 4 rings (SSSR count). The lowest BCUT2D eigenvalue weighted by Crippen LogP contribution is -2.21. The molecule has 8 heteroatoms. The van der Waals surface area contributed by atoms with Crippen LogP contribution in [0.5, 0.6) is 5.75 Å². The number of carbonyl (C=O) groups excluding carboxylic acids is 1. The molecule has 1 aliphatic carbocycles. The van der Waals surface area contributed by atoms with Crippen LogP contribution >= 0.6 is 0 Å². The second kappa shape index (κ2) is 8.98. The summed E-state index contributed by atoms with van der Waals surface area (Å²) in [5, 5.41) is 26.5. The Morgan fingerprint density at radius 1 is 1.39 bits per heavy atom. The molecule has 158 valence electrons. The maximum Gasteiger partial charge on any atom is 0.305 e. The summed E-state index contributed by atoms with van der Waals surface area (Å²) in [6.07, 6.45) is 2.98. The molecule has 0 radical (unpaired) electrons. The summed E-state index contributed by atoms with van der Waals surface area (Å²) >= 11 is 0. The van der Waals surface area contributed by atoms with Gasteiger partial charge in [0.25, 0.3) is 5.89 Å². The maximum atomic E-state index is 11.3. The number of nitriles is 1. The van der Waals surface area contributed by atoms with Gasteiger partial charge in [-0.05, 0) is 55.1 Å². The maximum absolute atomic E-state index is 11.3. The third-order valence-corrected chi connectivity index (χ3v) is 5.48. The number of carbonyl (C=O) groups is 1. The van der Waals surface area contributed by atoms with Crippen molar-refractivity contribution in [3.05, 3.63) is 53.1 Å². The van der Waals surface area contributed by atoms with Crippen molar-refractivity contribution in [1.82, 2.24) is 15.5 Å². The van der Waals surface area contributed by atoms with E-state index in [-0.39, 0.29) is 23.3 Å². The van der Waals surface area contributed by atoms with E-state index in [1.165, 1.54) is 30.4 Å². The molecule has 0 spiro atoms. The Morgan fingerprint density at radius 2 is 2.26 bits per heavy atom. The second-order valence-electron chi connectivity index (χ2n) is 7.37. The Balaban J connectivity index is 1.52. The Labute approximate surface area is 179 Å². The topological polar surface area (TPSA) is 121 Å². The molecule has 1 aromatic heterocycles. The van der Waals surface area contributed by atoms with Crippen LogP contribution in [0.4, 0.5) is 0 Å². The number of nitrogens with one attached hydrogen (secondary N) is 1. The predicted octanol–water partition coefficient (Wildman–Crippen LogP) is 3.51. The number of phenols is 1. The van der Waals surface area contributed by atoms with Crippen LogP contribution in [0.2, 0.25) is 0 Å². The molecule has 0 unspecified atom stereocenters. The third kappa shape index (κ3) is 4.27. The van der Waals surface area contributed by atoms with Gasteiger partial charge < -0.3 is 19.7 Å². The van der Waals surface area contributed by atoms with E-state index in [4.69, 9.17) is 9.78 Å². The highest BCUT2D eigenvalue weighted by Crippen LogP contribution is 2.37.